The van der Waals surface area contributed by atoms with Gasteiger partial charge in [0.1, 0.15) is 6.61 Å². The van der Waals surface area contributed by atoms with Crippen molar-refractivity contribution in [2.24, 2.45) is 0 Å². The van der Waals surface area contributed by atoms with Crippen LogP contribution in [-0.4, -0.2) is 59.3 Å². The van der Waals surface area contributed by atoms with Gasteiger partial charge in [0.25, 0.3) is 0 Å². The van der Waals surface area contributed by atoms with Gasteiger partial charge in [0.15, 0.2) is 18.3 Å². The van der Waals surface area contributed by atoms with Crippen LogP contribution in [0.15, 0.2) is 0 Å². The molecule has 25 heavy (non-hydrogen) atoms. The van der Waals surface area contributed by atoms with E-state index in [1.165, 1.54) is 39.5 Å². The highest BCUT2D eigenvalue weighted by molar-refractivity contribution is 8.00. The van der Waals surface area contributed by atoms with Gasteiger partial charge in [0.05, 0.1) is 5.25 Å². The fraction of sp³-hybridized carbons (Fsp3) is 0.750. The molecule has 0 aliphatic carbocycles. The lowest BCUT2D eigenvalue weighted by Crippen LogP contribution is -2.58. The van der Waals surface area contributed by atoms with Crippen LogP contribution >= 0.6 is 11.8 Å². The van der Waals surface area contributed by atoms with Crippen LogP contribution in [0, 0.1) is 0 Å². The fourth-order valence-electron chi connectivity index (χ4n) is 2.65. The Morgan fingerprint density at radius 1 is 0.720 bits per heavy atom. The Labute approximate surface area is 150 Å². The molecule has 9 heteroatoms. The van der Waals surface area contributed by atoms with Gasteiger partial charge in [-0.3, -0.25) is 19.2 Å². The second kappa shape index (κ2) is 9.65. The van der Waals surface area contributed by atoms with Gasteiger partial charge in [-0.1, -0.05) is 6.92 Å². The third-order valence-corrected chi connectivity index (χ3v) is 5.19. The minimum atomic E-state index is -0.975. The number of carbonyl (C=O) groups excluding carboxylic acids is 4. The number of hydrogen-bond acceptors (Lipinski definition) is 9. The maximum Gasteiger partial charge on any atom is 0.303 e. The maximum atomic E-state index is 11.5. The molecule has 0 unspecified atom stereocenters. The summed E-state index contributed by atoms with van der Waals surface area (Å²) >= 11 is 1.38. The first kappa shape index (κ1) is 21.3. The second-order valence-electron chi connectivity index (χ2n) is 5.65. The predicted octanol–water partition coefficient (Wildman–Crippen LogP) is 1.24. The standard InChI is InChI=1S/C16H24O8S/c1-6-12-14(22-9(3)18)16(24-11(5)20)15(23-10(4)19)13(25-12)7-21-8(2)17/h12-16H,6-7H2,1-5H3/t12-,13+,14-,15-,16+/m0/s1. The van der Waals surface area contributed by atoms with Crippen molar-refractivity contribution in [2.45, 2.75) is 69.9 Å². The number of esters is 4. The molecule has 0 amide bonds. The highest BCUT2D eigenvalue weighted by Crippen LogP contribution is 2.39. The molecule has 0 saturated carbocycles. The molecule has 0 N–H and O–H groups in total. The first-order valence-corrected chi connectivity index (χ1v) is 8.90. The molecule has 1 fully saturated rings. The van der Waals surface area contributed by atoms with Crippen LogP contribution in [0.1, 0.15) is 41.0 Å². The normalized spacial score (nSPS) is 28.6. The molecule has 0 spiro atoms. The molecule has 0 aromatic heterocycles. The van der Waals surface area contributed by atoms with E-state index in [2.05, 4.69) is 0 Å². The van der Waals surface area contributed by atoms with E-state index < -0.39 is 47.4 Å². The summed E-state index contributed by atoms with van der Waals surface area (Å²) in [5.41, 5.74) is 0. The second-order valence-corrected chi connectivity index (χ2v) is 7.13. The summed E-state index contributed by atoms with van der Waals surface area (Å²) in [6, 6.07) is 0. The van der Waals surface area contributed by atoms with Crippen molar-refractivity contribution in [1.29, 1.82) is 0 Å². The van der Waals surface area contributed by atoms with E-state index in [0.29, 0.717) is 6.42 Å². The van der Waals surface area contributed by atoms with Gasteiger partial charge in [0.2, 0.25) is 0 Å². The fourth-order valence-corrected chi connectivity index (χ4v) is 4.17. The van der Waals surface area contributed by atoms with Crippen LogP contribution in [0.4, 0.5) is 0 Å². The van der Waals surface area contributed by atoms with E-state index in [-0.39, 0.29) is 11.9 Å². The van der Waals surface area contributed by atoms with Crippen molar-refractivity contribution >= 4 is 35.6 Å². The first-order chi connectivity index (χ1) is 11.6. The summed E-state index contributed by atoms with van der Waals surface area (Å²) in [7, 11) is 0. The molecular weight excluding hydrogens is 352 g/mol. The van der Waals surface area contributed by atoms with Crippen molar-refractivity contribution in [3.8, 4) is 0 Å². The molecular formula is C16H24O8S. The lowest BCUT2D eigenvalue weighted by atomic mass is 9.99. The maximum absolute atomic E-state index is 11.5. The van der Waals surface area contributed by atoms with Crippen molar-refractivity contribution in [3.05, 3.63) is 0 Å². The molecule has 1 heterocycles. The molecule has 0 radical (unpaired) electrons. The van der Waals surface area contributed by atoms with Gasteiger partial charge in [-0.15, -0.1) is 11.8 Å². The van der Waals surface area contributed by atoms with Gasteiger partial charge in [-0.2, -0.15) is 0 Å². The van der Waals surface area contributed by atoms with Gasteiger partial charge < -0.3 is 18.9 Å². The Morgan fingerprint density at radius 3 is 1.56 bits per heavy atom. The third kappa shape index (κ3) is 6.56. The molecule has 5 atom stereocenters. The Hall–Kier alpha value is -1.77. The summed E-state index contributed by atoms with van der Waals surface area (Å²) in [5, 5.41) is -0.658. The van der Waals surface area contributed by atoms with Crippen LogP contribution in [-0.2, 0) is 38.1 Å². The van der Waals surface area contributed by atoms with E-state index in [9.17, 15) is 19.2 Å². The highest BCUT2D eigenvalue weighted by atomic mass is 32.2. The lowest BCUT2D eigenvalue weighted by Gasteiger charge is -2.44. The number of ether oxygens (including phenoxy) is 4. The van der Waals surface area contributed by atoms with Crippen molar-refractivity contribution in [2.75, 3.05) is 6.61 Å². The van der Waals surface area contributed by atoms with E-state index in [0.717, 1.165) is 0 Å². The number of rotatable bonds is 6. The molecule has 0 aromatic rings. The molecule has 8 nitrogen and oxygen atoms in total. The molecule has 0 bridgehead atoms. The Balaban J connectivity index is 3.18. The highest BCUT2D eigenvalue weighted by Gasteiger charge is 2.50. The zero-order valence-electron chi connectivity index (χ0n) is 15.0. The SMILES string of the molecule is CC[C@@H]1S[C@H](COC(C)=O)[C@H](OC(C)=O)[C@H](OC(C)=O)[C@H]1OC(C)=O. The van der Waals surface area contributed by atoms with Gasteiger partial charge in [-0.05, 0) is 6.42 Å². The minimum Gasteiger partial charge on any atom is -0.465 e. The molecule has 142 valence electrons. The van der Waals surface area contributed by atoms with E-state index >= 15 is 0 Å². The molecule has 0 aromatic carbocycles. The van der Waals surface area contributed by atoms with Crippen LogP contribution in [0.5, 0.6) is 0 Å². The van der Waals surface area contributed by atoms with Crippen molar-refractivity contribution in [3.63, 3.8) is 0 Å². The summed E-state index contributed by atoms with van der Waals surface area (Å²) in [4.78, 5) is 45.7. The Kier molecular flexibility index (Phi) is 8.21. The topological polar surface area (TPSA) is 105 Å². The van der Waals surface area contributed by atoms with Gasteiger partial charge in [0, 0.05) is 32.9 Å². The molecule has 1 saturated heterocycles. The Morgan fingerprint density at radius 2 is 1.16 bits per heavy atom. The zero-order chi connectivity index (χ0) is 19.1. The van der Waals surface area contributed by atoms with Crippen molar-refractivity contribution in [1.82, 2.24) is 0 Å². The van der Waals surface area contributed by atoms with E-state index in [4.69, 9.17) is 18.9 Å². The van der Waals surface area contributed by atoms with Gasteiger partial charge in [-0.25, -0.2) is 0 Å². The predicted molar refractivity (Wildman–Crippen MR) is 88.8 cm³/mol. The summed E-state index contributed by atoms with van der Waals surface area (Å²) < 4.78 is 21.1. The summed E-state index contributed by atoms with van der Waals surface area (Å²) in [6.45, 7) is 6.86. The largest absolute Gasteiger partial charge is 0.465 e. The van der Waals surface area contributed by atoms with Crippen molar-refractivity contribution < 1.29 is 38.1 Å². The van der Waals surface area contributed by atoms with Crippen LogP contribution in [0.25, 0.3) is 0 Å². The monoisotopic (exact) mass is 376 g/mol. The quantitative estimate of drug-likeness (QED) is 0.500. The molecule has 1 aliphatic heterocycles. The van der Waals surface area contributed by atoms with E-state index in [1.807, 2.05) is 6.92 Å². The first-order valence-electron chi connectivity index (χ1n) is 7.96. The third-order valence-electron chi connectivity index (χ3n) is 3.49. The van der Waals surface area contributed by atoms with Crippen LogP contribution < -0.4 is 0 Å². The van der Waals surface area contributed by atoms with E-state index in [1.54, 1.807) is 0 Å². The smallest absolute Gasteiger partial charge is 0.303 e. The molecule has 1 rings (SSSR count). The number of carbonyl (C=O) groups is 4. The summed E-state index contributed by atoms with van der Waals surface area (Å²) in [5.74, 6) is -2.16. The summed E-state index contributed by atoms with van der Waals surface area (Å²) in [6.07, 6.45) is -2.03. The van der Waals surface area contributed by atoms with Crippen LogP contribution in [0.2, 0.25) is 0 Å². The average Bonchev–Trinajstić information content (AvgIpc) is 2.48. The Bertz CT molecular complexity index is 520. The van der Waals surface area contributed by atoms with Gasteiger partial charge >= 0.3 is 23.9 Å². The van der Waals surface area contributed by atoms with Crippen LogP contribution in [0.3, 0.4) is 0 Å². The zero-order valence-corrected chi connectivity index (χ0v) is 15.8. The minimum absolute atomic E-state index is 0.0149. The average molecular weight is 376 g/mol. The number of thioether (sulfide) groups is 1. The molecule has 1 aliphatic rings. The number of hydrogen-bond donors (Lipinski definition) is 0. The lowest BCUT2D eigenvalue weighted by molar-refractivity contribution is -0.185.